The summed E-state index contributed by atoms with van der Waals surface area (Å²) in [5.41, 5.74) is -2.25. The van der Waals surface area contributed by atoms with Crippen LogP contribution in [0.2, 0.25) is 0 Å². The van der Waals surface area contributed by atoms with Gasteiger partial charge in [-0.25, -0.2) is 9.07 Å². The molecule has 0 aliphatic carbocycles. The average molecular weight is 1060 g/mol. The summed E-state index contributed by atoms with van der Waals surface area (Å²) in [4.78, 5) is 22.9. The number of halogens is 1. The molecule has 0 amide bonds. The molecule has 20 atom stereocenters. The van der Waals surface area contributed by atoms with Crippen molar-refractivity contribution in [1.82, 2.24) is 30.1 Å². The molecule has 6 N–H and O–H groups in total. The molecule has 1 aromatic carbocycles. The minimum Gasteiger partial charge on any atom is -0.459 e. The van der Waals surface area contributed by atoms with E-state index in [1.165, 1.54) is 18.7 Å². The third-order valence-corrected chi connectivity index (χ3v) is 16.7. The Labute approximate surface area is 443 Å². The summed E-state index contributed by atoms with van der Waals surface area (Å²) in [7, 11) is 6.76. The van der Waals surface area contributed by atoms with Gasteiger partial charge in [-0.3, -0.25) is 9.79 Å². The highest BCUT2D eigenvalue weighted by Gasteiger charge is 2.53. The summed E-state index contributed by atoms with van der Waals surface area (Å²) in [5.74, 6) is -2.04. The van der Waals surface area contributed by atoms with Crippen LogP contribution >= 0.6 is 0 Å². The van der Waals surface area contributed by atoms with E-state index in [4.69, 9.17) is 33.2 Å². The molecular formula is C54H90FN7O13. The van der Waals surface area contributed by atoms with Gasteiger partial charge in [-0.2, -0.15) is 0 Å². The van der Waals surface area contributed by atoms with E-state index in [0.717, 1.165) is 30.1 Å². The normalized spacial score (nSPS) is 39.8. The number of aliphatic hydroxyl groups is 5. The fourth-order valence-electron chi connectivity index (χ4n) is 11.9. The minimum absolute atomic E-state index is 0.0851. The molecule has 75 heavy (non-hydrogen) atoms. The molecule has 2 aromatic rings. The van der Waals surface area contributed by atoms with Gasteiger partial charge in [0.1, 0.15) is 54.7 Å². The number of rotatable bonds is 16. The third-order valence-electron chi connectivity index (χ3n) is 16.7. The molecule has 21 heteroatoms. The zero-order valence-corrected chi connectivity index (χ0v) is 46.8. The topological polar surface area (TPSA) is 244 Å². The zero-order chi connectivity index (χ0) is 55.3. The molecule has 6 rings (SSSR count). The first-order valence-corrected chi connectivity index (χ1v) is 27.0. The summed E-state index contributed by atoms with van der Waals surface area (Å²) in [6.45, 7) is 19.0. The summed E-state index contributed by atoms with van der Waals surface area (Å²) in [6.07, 6.45) is -7.95. The lowest BCUT2D eigenvalue weighted by Crippen LogP contribution is -2.61. The Morgan fingerprint density at radius 3 is 2.29 bits per heavy atom. The number of hydrogen-bond acceptors (Lipinski definition) is 19. The second-order valence-electron chi connectivity index (χ2n) is 22.8. The largest absolute Gasteiger partial charge is 0.459 e. The molecule has 1 aromatic heterocycles. The highest BCUT2D eigenvalue weighted by molar-refractivity contribution is 5.99. The van der Waals surface area contributed by atoms with Gasteiger partial charge in [-0.15, -0.1) is 5.10 Å². The lowest BCUT2D eigenvalue weighted by Gasteiger charge is -2.49. The lowest BCUT2D eigenvalue weighted by molar-refractivity contribution is -0.318. The first-order valence-electron chi connectivity index (χ1n) is 27.0. The van der Waals surface area contributed by atoms with E-state index in [2.05, 4.69) is 20.6 Å². The maximum Gasteiger partial charge on any atom is 0.311 e. The van der Waals surface area contributed by atoms with E-state index in [9.17, 15) is 34.7 Å². The number of amidine groups is 1. The number of methoxy groups -OCH3 is 2. The highest BCUT2D eigenvalue weighted by atomic mass is 19.1. The highest BCUT2D eigenvalue weighted by Crippen LogP contribution is 2.41. The Kier molecular flexibility index (Phi) is 20.8. The molecule has 0 spiro atoms. The number of hydrogen-bond donors (Lipinski definition) is 6. The average Bonchev–Trinajstić information content (AvgIpc) is 4.09. The number of nitrogens with zero attached hydrogens (tertiary/aromatic N) is 6. The Balaban J connectivity index is 1.25. The van der Waals surface area contributed by atoms with Crippen LogP contribution in [0.5, 0.6) is 0 Å². The smallest absolute Gasteiger partial charge is 0.311 e. The van der Waals surface area contributed by atoms with Gasteiger partial charge in [0.25, 0.3) is 0 Å². The number of esters is 1. The molecule has 4 aliphatic rings. The van der Waals surface area contributed by atoms with Crippen LogP contribution < -0.4 is 5.32 Å². The Morgan fingerprint density at radius 1 is 0.987 bits per heavy atom. The molecule has 3 fully saturated rings. The molecule has 0 unspecified atom stereocenters. The van der Waals surface area contributed by atoms with Crippen molar-refractivity contribution >= 4 is 11.8 Å². The van der Waals surface area contributed by atoms with Crippen LogP contribution in [-0.2, 0) is 44.4 Å². The Hall–Kier alpha value is -3.29. The van der Waals surface area contributed by atoms with Gasteiger partial charge in [0.2, 0.25) is 0 Å². The summed E-state index contributed by atoms with van der Waals surface area (Å²) in [6, 6.07) is 5.83. The summed E-state index contributed by atoms with van der Waals surface area (Å²) < 4.78 is 60.6. The first kappa shape index (κ1) is 60.9. The molecule has 0 bridgehead atoms. The van der Waals surface area contributed by atoms with Crippen LogP contribution in [0, 0.1) is 17.8 Å². The Morgan fingerprint density at radius 2 is 1.68 bits per heavy atom. The number of aliphatic hydroxyl groups excluding tert-OH is 3. The number of carbonyl (C=O) groups excluding carboxylic acids is 1. The number of alkyl halides is 1. The van der Waals surface area contributed by atoms with Gasteiger partial charge < -0.3 is 73.8 Å². The number of likely N-dealkylation sites (N-methyl/N-ethyl adjacent to an activating group) is 2. The van der Waals surface area contributed by atoms with Crippen molar-refractivity contribution < 1.29 is 67.9 Å². The van der Waals surface area contributed by atoms with Crippen LogP contribution in [-0.4, -0.2) is 214 Å². The molecule has 4 aliphatic heterocycles. The fraction of sp³-hybridized carbons (Fsp3) is 0.815. The molecule has 3 saturated heterocycles. The second-order valence-corrected chi connectivity index (χ2v) is 22.8. The second kappa shape index (κ2) is 25.7. The summed E-state index contributed by atoms with van der Waals surface area (Å²) in [5, 5.41) is 71.9. The van der Waals surface area contributed by atoms with Crippen molar-refractivity contribution in [2.24, 2.45) is 22.7 Å². The molecule has 0 saturated carbocycles. The number of cyclic esters (lactones) is 1. The first-order chi connectivity index (χ1) is 35.3. The zero-order valence-electron chi connectivity index (χ0n) is 46.8. The van der Waals surface area contributed by atoms with Gasteiger partial charge in [0, 0.05) is 76.5 Å². The van der Waals surface area contributed by atoms with Crippen molar-refractivity contribution in [1.29, 1.82) is 0 Å². The standard InChI is InChI=1S/C54H90FN7O13/c1-15-41-54(10,68)46(64)34(6)61(12)28-30(2)25-52(8,67)48(32(4)44(33(5)50(66)73-41)74-42-26-53(9,70-14)47(65)35(7)72-42)75-51-43(63)39(24-31(3)71-51)60(11)23-20-38-29-62(59-58-38)40(27-55)45(69-13)36-16-18-37(19-17-36)49-56-21-22-57-49/h16-19,29-35,39-48,51,63-65,67-68H,15,20-28H2,1-14H3,(H,56,57)/t30-,31-,32+,33-,34-,35+,39+,40-,41-,42+,43-,44+,45-,46-,47+,48-,51+,52-,53-,54-/m1/s1. The Bertz CT molecular complexity index is 2160. The molecule has 0 radical (unpaired) electrons. The van der Waals surface area contributed by atoms with E-state index in [-0.39, 0.29) is 25.2 Å². The minimum atomic E-state index is -1.85. The predicted molar refractivity (Wildman–Crippen MR) is 277 cm³/mol. The van der Waals surface area contributed by atoms with Crippen molar-refractivity contribution in [3.63, 3.8) is 0 Å². The van der Waals surface area contributed by atoms with Crippen molar-refractivity contribution in [3.8, 4) is 0 Å². The van der Waals surface area contributed by atoms with Gasteiger partial charge >= 0.3 is 5.97 Å². The van der Waals surface area contributed by atoms with Crippen molar-refractivity contribution in [2.45, 2.75) is 204 Å². The van der Waals surface area contributed by atoms with E-state index < -0.39 is 127 Å². The van der Waals surface area contributed by atoms with Crippen molar-refractivity contribution in [3.05, 3.63) is 47.3 Å². The van der Waals surface area contributed by atoms with Crippen LogP contribution in [0.4, 0.5) is 4.39 Å². The van der Waals surface area contributed by atoms with E-state index in [1.54, 1.807) is 61.8 Å². The van der Waals surface area contributed by atoms with Gasteiger partial charge in [0.15, 0.2) is 12.6 Å². The van der Waals surface area contributed by atoms with Gasteiger partial charge in [-0.05, 0) is 93.3 Å². The van der Waals surface area contributed by atoms with Crippen LogP contribution in [0.3, 0.4) is 0 Å². The number of nitrogens with one attached hydrogen (secondary N) is 1. The SMILES string of the molecule is CC[C@H]1OC(=O)[C@H](C)[C@@H](O[C@H]2C[C@@](C)(OC)[C@@H](O)[C@H](C)O2)[C@H](C)[C@@H](O[C@@H]2O[C@H](C)C[C@H](N(C)CCc3cn([C@H](CF)[C@H](OC)c4ccc(C5=NCCN5)cc4)nn3)[C@H]2O)[C@](C)(O)C[C@@H](C)CN(C)[C@H](C)[C@@H](O)[C@]1(C)O. The molecule has 20 nitrogen and oxygen atoms in total. The monoisotopic (exact) mass is 1060 g/mol. The van der Waals surface area contributed by atoms with Crippen LogP contribution in [0.25, 0.3) is 0 Å². The quantitative estimate of drug-likeness (QED) is 0.132. The summed E-state index contributed by atoms with van der Waals surface area (Å²) >= 11 is 0. The third kappa shape index (κ3) is 13.9. The molecular weight excluding hydrogens is 974 g/mol. The maximum absolute atomic E-state index is 14.9. The van der Waals surface area contributed by atoms with Crippen molar-refractivity contribution in [2.75, 3.05) is 61.2 Å². The van der Waals surface area contributed by atoms with Gasteiger partial charge in [-0.1, -0.05) is 50.3 Å². The van der Waals surface area contributed by atoms with Gasteiger partial charge in [0.05, 0.1) is 53.8 Å². The fourth-order valence-corrected chi connectivity index (χ4v) is 11.9. The van der Waals surface area contributed by atoms with E-state index in [0.29, 0.717) is 31.6 Å². The number of benzene rings is 1. The number of aromatic nitrogens is 3. The van der Waals surface area contributed by atoms with Crippen LogP contribution in [0.15, 0.2) is 35.5 Å². The van der Waals surface area contributed by atoms with E-state index in [1.807, 2.05) is 62.0 Å². The lowest BCUT2D eigenvalue weighted by atomic mass is 9.77. The van der Waals surface area contributed by atoms with Crippen LogP contribution in [0.1, 0.15) is 124 Å². The number of carbonyl (C=O) groups is 1. The van der Waals surface area contributed by atoms with E-state index >= 15 is 0 Å². The number of ether oxygens (including phenoxy) is 7. The number of aliphatic imine (C=N–C) groups is 1. The predicted octanol–water partition coefficient (Wildman–Crippen LogP) is 3.35. The molecule has 5 heterocycles. The maximum atomic E-state index is 14.9. The molecule has 426 valence electrons.